The zero-order chi connectivity index (χ0) is 13.5. The van der Waals surface area contributed by atoms with Crippen molar-refractivity contribution in [1.82, 2.24) is 5.32 Å². The molecular formula is C16H18ClNS. The molecule has 0 aliphatic heterocycles. The molecule has 0 saturated heterocycles. The molecule has 1 unspecified atom stereocenters. The summed E-state index contributed by atoms with van der Waals surface area (Å²) in [6.45, 7) is 0. The fourth-order valence-corrected chi connectivity index (χ4v) is 3.00. The average Bonchev–Trinajstić information content (AvgIpc) is 2.46. The Morgan fingerprint density at radius 1 is 1.05 bits per heavy atom. The number of benzene rings is 2. The highest BCUT2D eigenvalue weighted by Crippen LogP contribution is 2.21. The number of rotatable bonds is 6. The Kier molecular flexibility index (Phi) is 5.77. The number of thioether (sulfide) groups is 1. The highest BCUT2D eigenvalue weighted by Gasteiger charge is 2.07. The number of nitrogens with one attached hydrogen (secondary N) is 1. The van der Waals surface area contributed by atoms with Gasteiger partial charge in [-0.15, -0.1) is 11.8 Å². The third-order valence-electron chi connectivity index (χ3n) is 3.00. The molecule has 0 spiro atoms. The summed E-state index contributed by atoms with van der Waals surface area (Å²) in [6.07, 6.45) is 1.05. The summed E-state index contributed by atoms with van der Waals surface area (Å²) < 4.78 is 0. The Hall–Kier alpha value is -0.960. The average molecular weight is 292 g/mol. The molecule has 0 saturated carbocycles. The van der Waals surface area contributed by atoms with Crippen LogP contribution in [0.25, 0.3) is 0 Å². The van der Waals surface area contributed by atoms with Gasteiger partial charge in [0.05, 0.1) is 0 Å². The molecule has 0 aliphatic carbocycles. The minimum Gasteiger partial charge on any atom is -0.316 e. The molecule has 2 aromatic rings. The van der Waals surface area contributed by atoms with Crippen molar-refractivity contribution in [3.8, 4) is 0 Å². The summed E-state index contributed by atoms with van der Waals surface area (Å²) in [5.41, 5.74) is 1.37. The maximum Gasteiger partial charge on any atom is 0.0406 e. The Labute approximate surface area is 124 Å². The number of likely N-dealkylation sites (N-methyl/N-ethyl adjacent to an activating group) is 1. The SMILES string of the molecule is CNC(CSc1ccc(Cl)cc1)Cc1ccccc1. The van der Waals surface area contributed by atoms with E-state index in [0.29, 0.717) is 6.04 Å². The lowest BCUT2D eigenvalue weighted by Gasteiger charge is -2.15. The van der Waals surface area contributed by atoms with E-state index in [1.54, 1.807) is 0 Å². The highest BCUT2D eigenvalue weighted by molar-refractivity contribution is 7.99. The molecule has 3 heteroatoms. The monoisotopic (exact) mass is 291 g/mol. The maximum absolute atomic E-state index is 5.89. The van der Waals surface area contributed by atoms with Crippen LogP contribution in [0.4, 0.5) is 0 Å². The highest BCUT2D eigenvalue weighted by atomic mass is 35.5. The molecule has 19 heavy (non-hydrogen) atoms. The van der Waals surface area contributed by atoms with E-state index in [1.165, 1.54) is 10.5 Å². The van der Waals surface area contributed by atoms with Crippen molar-refractivity contribution in [2.75, 3.05) is 12.8 Å². The molecule has 0 aliphatic rings. The van der Waals surface area contributed by atoms with E-state index in [2.05, 4.69) is 47.8 Å². The first-order valence-corrected chi connectivity index (χ1v) is 7.74. The predicted octanol–water partition coefficient (Wildman–Crippen LogP) is 4.26. The van der Waals surface area contributed by atoms with Crippen LogP contribution in [0.3, 0.4) is 0 Å². The second-order valence-electron chi connectivity index (χ2n) is 4.44. The lowest BCUT2D eigenvalue weighted by atomic mass is 10.1. The van der Waals surface area contributed by atoms with Gasteiger partial charge in [-0.05, 0) is 43.3 Å². The summed E-state index contributed by atoms with van der Waals surface area (Å²) in [7, 11) is 2.02. The molecule has 0 bridgehead atoms. The first kappa shape index (κ1) is 14.4. The van der Waals surface area contributed by atoms with Crippen molar-refractivity contribution in [2.45, 2.75) is 17.4 Å². The second kappa shape index (κ2) is 7.59. The molecule has 100 valence electrons. The first-order chi connectivity index (χ1) is 9.28. The fraction of sp³-hybridized carbons (Fsp3) is 0.250. The van der Waals surface area contributed by atoms with Gasteiger partial charge in [0.25, 0.3) is 0 Å². The zero-order valence-corrected chi connectivity index (χ0v) is 12.5. The Bertz CT molecular complexity index is 484. The van der Waals surface area contributed by atoms with E-state index in [-0.39, 0.29) is 0 Å². The van der Waals surface area contributed by atoms with Crippen LogP contribution in [0, 0.1) is 0 Å². The third kappa shape index (κ3) is 4.90. The molecule has 0 amide bonds. The topological polar surface area (TPSA) is 12.0 Å². The van der Waals surface area contributed by atoms with E-state index < -0.39 is 0 Å². The Morgan fingerprint density at radius 3 is 2.37 bits per heavy atom. The van der Waals surface area contributed by atoms with Gasteiger partial charge in [0.15, 0.2) is 0 Å². The molecule has 0 aromatic heterocycles. The summed E-state index contributed by atoms with van der Waals surface area (Å²) >= 11 is 7.75. The predicted molar refractivity (Wildman–Crippen MR) is 85.2 cm³/mol. The molecule has 2 rings (SSSR count). The van der Waals surface area contributed by atoms with E-state index in [4.69, 9.17) is 11.6 Å². The lowest BCUT2D eigenvalue weighted by molar-refractivity contribution is 0.617. The minimum atomic E-state index is 0.475. The fourth-order valence-electron chi connectivity index (χ4n) is 1.87. The number of halogens is 1. The van der Waals surface area contributed by atoms with E-state index in [9.17, 15) is 0 Å². The quantitative estimate of drug-likeness (QED) is 0.798. The third-order valence-corrected chi connectivity index (χ3v) is 4.42. The molecule has 1 N–H and O–H groups in total. The molecule has 0 radical (unpaired) electrons. The maximum atomic E-state index is 5.89. The van der Waals surface area contributed by atoms with Gasteiger partial charge in [-0.3, -0.25) is 0 Å². The van der Waals surface area contributed by atoms with Crippen LogP contribution >= 0.6 is 23.4 Å². The van der Waals surface area contributed by atoms with Crippen molar-refractivity contribution in [3.63, 3.8) is 0 Å². The largest absolute Gasteiger partial charge is 0.316 e. The van der Waals surface area contributed by atoms with Crippen molar-refractivity contribution in [3.05, 3.63) is 65.2 Å². The van der Waals surface area contributed by atoms with Gasteiger partial charge in [0.2, 0.25) is 0 Å². The minimum absolute atomic E-state index is 0.475. The van der Waals surface area contributed by atoms with Crippen LogP contribution in [0.2, 0.25) is 5.02 Å². The van der Waals surface area contributed by atoms with Crippen LogP contribution in [-0.2, 0) is 6.42 Å². The molecule has 1 atom stereocenters. The standard InChI is InChI=1S/C16H18ClNS/c1-18-15(11-13-5-3-2-4-6-13)12-19-16-9-7-14(17)8-10-16/h2-10,15,18H,11-12H2,1H3. The van der Waals surface area contributed by atoms with Gasteiger partial charge in [-0.2, -0.15) is 0 Å². The summed E-state index contributed by atoms with van der Waals surface area (Å²) in [5.74, 6) is 1.05. The lowest BCUT2D eigenvalue weighted by Crippen LogP contribution is -2.29. The van der Waals surface area contributed by atoms with Crippen LogP contribution in [-0.4, -0.2) is 18.8 Å². The van der Waals surface area contributed by atoms with Gasteiger partial charge in [0.1, 0.15) is 0 Å². The van der Waals surface area contributed by atoms with Gasteiger partial charge in [-0.1, -0.05) is 41.9 Å². The van der Waals surface area contributed by atoms with Gasteiger partial charge >= 0.3 is 0 Å². The first-order valence-electron chi connectivity index (χ1n) is 6.37. The number of hydrogen-bond donors (Lipinski definition) is 1. The van der Waals surface area contributed by atoms with E-state index in [1.807, 2.05) is 30.9 Å². The molecule has 0 heterocycles. The molecule has 1 nitrogen and oxygen atoms in total. The molecule has 0 fully saturated rings. The van der Waals surface area contributed by atoms with Crippen molar-refractivity contribution < 1.29 is 0 Å². The van der Waals surface area contributed by atoms with Crippen LogP contribution in [0.15, 0.2) is 59.5 Å². The second-order valence-corrected chi connectivity index (χ2v) is 5.97. The van der Waals surface area contributed by atoms with Gasteiger partial charge in [-0.25, -0.2) is 0 Å². The summed E-state index contributed by atoms with van der Waals surface area (Å²) in [6, 6.07) is 19.1. The van der Waals surface area contributed by atoms with Gasteiger partial charge in [0, 0.05) is 21.7 Å². The van der Waals surface area contributed by atoms with Crippen LogP contribution < -0.4 is 5.32 Å². The normalized spacial score (nSPS) is 12.3. The molecule has 2 aromatic carbocycles. The van der Waals surface area contributed by atoms with Gasteiger partial charge < -0.3 is 5.32 Å². The van der Waals surface area contributed by atoms with Crippen LogP contribution in [0.5, 0.6) is 0 Å². The van der Waals surface area contributed by atoms with E-state index in [0.717, 1.165) is 17.2 Å². The Balaban J connectivity index is 1.87. The van der Waals surface area contributed by atoms with Crippen molar-refractivity contribution >= 4 is 23.4 Å². The molecular weight excluding hydrogens is 274 g/mol. The number of hydrogen-bond acceptors (Lipinski definition) is 2. The Morgan fingerprint density at radius 2 is 1.74 bits per heavy atom. The van der Waals surface area contributed by atoms with Crippen molar-refractivity contribution in [2.24, 2.45) is 0 Å². The summed E-state index contributed by atoms with van der Waals surface area (Å²) in [4.78, 5) is 1.26. The van der Waals surface area contributed by atoms with Crippen molar-refractivity contribution in [1.29, 1.82) is 0 Å². The zero-order valence-electron chi connectivity index (χ0n) is 11.0. The smallest absolute Gasteiger partial charge is 0.0406 e. The van der Waals surface area contributed by atoms with E-state index >= 15 is 0 Å². The van der Waals surface area contributed by atoms with Crippen LogP contribution in [0.1, 0.15) is 5.56 Å². The summed E-state index contributed by atoms with van der Waals surface area (Å²) in [5, 5.41) is 4.18.